The first-order valence-electron chi connectivity index (χ1n) is 5.95. The summed E-state index contributed by atoms with van der Waals surface area (Å²) >= 11 is 6.15. The number of aromatic nitrogens is 1. The maximum absolute atomic E-state index is 13.2. The fourth-order valence-corrected chi connectivity index (χ4v) is 3.10. The van der Waals surface area contributed by atoms with Crippen LogP contribution >= 0.6 is 11.6 Å². The molecule has 4 nitrogen and oxygen atoms in total. The zero-order valence-electron chi connectivity index (χ0n) is 10.6. The van der Waals surface area contributed by atoms with E-state index in [1.54, 1.807) is 18.3 Å². The third-order valence-corrected chi connectivity index (χ3v) is 4.43. The summed E-state index contributed by atoms with van der Waals surface area (Å²) in [6, 6.07) is 8.64. The van der Waals surface area contributed by atoms with Crippen molar-refractivity contribution >= 4 is 32.5 Å². The number of H-pyrrole nitrogens is 1. The molecule has 0 aliphatic rings. The molecule has 3 rings (SSSR count). The van der Waals surface area contributed by atoms with Crippen LogP contribution in [0.5, 0.6) is 0 Å². The number of aromatic amines is 1. The maximum atomic E-state index is 13.2. The summed E-state index contributed by atoms with van der Waals surface area (Å²) in [5.74, 6) is -0.341. The number of sulfonamides is 1. The highest BCUT2D eigenvalue weighted by Crippen LogP contribution is 2.34. The lowest BCUT2D eigenvalue weighted by molar-refractivity contribution is 0.598. The van der Waals surface area contributed by atoms with E-state index in [0.29, 0.717) is 11.1 Å². The van der Waals surface area contributed by atoms with Crippen molar-refractivity contribution in [2.75, 3.05) is 0 Å². The first-order chi connectivity index (χ1) is 9.86. The highest BCUT2D eigenvalue weighted by molar-refractivity contribution is 7.89. The van der Waals surface area contributed by atoms with E-state index in [1.807, 2.05) is 0 Å². The predicted molar refractivity (Wildman–Crippen MR) is 80.1 cm³/mol. The third-order valence-electron chi connectivity index (χ3n) is 3.20. The Morgan fingerprint density at radius 2 is 1.86 bits per heavy atom. The van der Waals surface area contributed by atoms with Crippen LogP contribution in [0.3, 0.4) is 0 Å². The molecule has 0 spiro atoms. The van der Waals surface area contributed by atoms with Crippen LogP contribution in [-0.4, -0.2) is 13.4 Å². The van der Waals surface area contributed by atoms with E-state index in [1.165, 1.54) is 24.3 Å². The van der Waals surface area contributed by atoms with E-state index in [4.69, 9.17) is 16.7 Å². The molecule has 0 radical (unpaired) electrons. The second-order valence-electron chi connectivity index (χ2n) is 4.58. The predicted octanol–water partition coefficient (Wildman–Crippen LogP) is 3.27. The fraction of sp³-hybridized carbons (Fsp3) is 0. The van der Waals surface area contributed by atoms with Crippen molar-refractivity contribution in [3.8, 4) is 11.1 Å². The first-order valence-corrected chi connectivity index (χ1v) is 7.88. The number of hydrogen-bond donors (Lipinski definition) is 2. The Labute approximate surface area is 125 Å². The Kier molecular flexibility index (Phi) is 3.24. The molecule has 0 atom stereocenters. The van der Waals surface area contributed by atoms with Crippen LogP contribution in [-0.2, 0) is 10.0 Å². The monoisotopic (exact) mass is 324 g/mol. The van der Waals surface area contributed by atoms with E-state index in [9.17, 15) is 12.8 Å². The van der Waals surface area contributed by atoms with E-state index >= 15 is 0 Å². The molecule has 21 heavy (non-hydrogen) atoms. The van der Waals surface area contributed by atoms with Crippen LogP contribution in [0.2, 0.25) is 5.02 Å². The SMILES string of the molecule is NS(=O)(=O)c1ccc(-c2c[nH]c3cc(F)ccc23)c(Cl)c1. The number of benzene rings is 2. The van der Waals surface area contributed by atoms with Crippen LogP contribution in [0.25, 0.3) is 22.0 Å². The van der Waals surface area contributed by atoms with Gasteiger partial charge in [-0.1, -0.05) is 17.7 Å². The van der Waals surface area contributed by atoms with E-state index in [0.717, 1.165) is 10.9 Å². The van der Waals surface area contributed by atoms with Gasteiger partial charge in [-0.05, 0) is 30.3 Å². The lowest BCUT2D eigenvalue weighted by atomic mass is 10.0. The van der Waals surface area contributed by atoms with Gasteiger partial charge >= 0.3 is 0 Å². The van der Waals surface area contributed by atoms with Gasteiger partial charge < -0.3 is 4.98 Å². The van der Waals surface area contributed by atoms with Gasteiger partial charge in [0.25, 0.3) is 0 Å². The van der Waals surface area contributed by atoms with Gasteiger partial charge in [-0.2, -0.15) is 0 Å². The van der Waals surface area contributed by atoms with Gasteiger partial charge in [0.1, 0.15) is 5.82 Å². The first kappa shape index (κ1) is 14.1. The second-order valence-corrected chi connectivity index (χ2v) is 6.55. The molecule has 0 fully saturated rings. The van der Waals surface area contributed by atoms with Crippen molar-refractivity contribution in [1.82, 2.24) is 4.98 Å². The Morgan fingerprint density at radius 1 is 1.10 bits per heavy atom. The van der Waals surface area contributed by atoms with Crippen LogP contribution < -0.4 is 5.14 Å². The van der Waals surface area contributed by atoms with Crippen molar-refractivity contribution in [2.45, 2.75) is 4.90 Å². The minimum Gasteiger partial charge on any atom is -0.360 e. The molecule has 3 N–H and O–H groups in total. The molecule has 108 valence electrons. The highest BCUT2D eigenvalue weighted by Gasteiger charge is 2.14. The molecular weight excluding hydrogens is 315 g/mol. The van der Waals surface area contributed by atoms with Gasteiger partial charge in [-0.15, -0.1) is 0 Å². The van der Waals surface area contributed by atoms with Crippen LogP contribution in [0.15, 0.2) is 47.5 Å². The molecule has 0 amide bonds. The summed E-state index contributed by atoms with van der Waals surface area (Å²) < 4.78 is 35.8. The number of nitrogens with two attached hydrogens (primary N) is 1. The van der Waals surface area contributed by atoms with Gasteiger partial charge in [0.05, 0.1) is 4.90 Å². The zero-order chi connectivity index (χ0) is 15.2. The van der Waals surface area contributed by atoms with Gasteiger partial charge in [0.15, 0.2) is 0 Å². The molecule has 0 aliphatic heterocycles. The highest BCUT2D eigenvalue weighted by atomic mass is 35.5. The van der Waals surface area contributed by atoms with E-state index in [2.05, 4.69) is 4.98 Å². The average molecular weight is 325 g/mol. The van der Waals surface area contributed by atoms with Crippen LogP contribution in [0.4, 0.5) is 4.39 Å². The summed E-state index contributed by atoms with van der Waals surface area (Å²) in [7, 11) is -3.80. The Bertz CT molecular complexity index is 951. The summed E-state index contributed by atoms with van der Waals surface area (Å²) in [6.45, 7) is 0. The summed E-state index contributed by atoms with van der Waals surface area (Å²) in [5.41, 5.74) is 2.04. The summed E-state index contributed by atoms with van der Waals surface area (Å²) in [4.78, 5) is 2.90. The molecule has 0 saturated heterocycles. The van der Waals surface area contributed by atoms with Crippen molar-refractivity contribution in [3.05, 3.63) is 53.4 Å². The average Bonchev–Trinajstić information content (AvgIpc) is 2.80. The molecule has 1 heterocycles. The molecule has 3 aromatic rings. The van der Waals surface area contributed by atoms with Gasteiger partial charge in [-0.25, -0.2) is 17.9 Å². The largest absolute Gasteiger partial charge is 0.360 e. The molecule has 2 aromatic carbocycles. The number of primary sulfonamides is 1. The Morgan fingerprint density at radius 3 is 2.52 bits per heavy atom. The van der Waals surface area contributed by atoms with E-state index < -0.39 is 10.0 Å². The molecule has 0 aliphatic carbocycles. The lowest BCUT2D eigenvalue weighted by Crippen LogP contribution is -2.11. The quantitative estimate of drug-likeness (QED) is 0.759. The van der Waals surface area contributed by atoms with Gasteiger partial charge in [0.2, 0.25) is 10.0 Å². The molecule has 0 unspecified atom stereocenters. The standard InChI is InChI=1S/C14H10ClFN2O2S/c15-13-6-9(21(17,19)20)2-4-10(13)12-7-18-14-5-8(16)1-3-11(12)14/h1-7,18H,(H2,17,19,20). The molecule has 1 aromatic heterocycles. The summed E-state index contributed by atoms with van der Waals surface area (Å²) in [5, 5.41) is 6.12. The normalized spacial score (nSPS) is 12.0. The number of nitrogens with one attached hydrogen (secondary N) is 1. The minimum atomic E-state index is -3.80. The van der Waals surface area contributed by atoms with Crippen molar-refractivity contribution in [3.63, 3.8) is 0 Å². The molecule has 0 saturated carbocycles. The third kappa shape index (κ3) is 2.53. The lowest BCUT2D eigenvalue weighted by Gasteiger charge is -2.05. The van der Waals surface area contributed by atoms with Crippen LogP contribution in [0.1, 0.15) is 0 Å². The number of hydrogen-bond acceptors (Lipinski definition) is 2. The molecule has 7 heteroatoms. The maximum Gasteiger partial charge on any atom is 0.238 e. The Hall–Kier alpha value is -1.89. The smallest absolute Gasteiger partial charge is 0.238 e. The van der Waals surface area contributed by atoms with E-state index in [-0.39, 0.29) is 15.7 Å². The number of fused-ring (bicyclic) bond motifs is 1. The zero-order valence-corrected chi connectivity index (χ0v) is 12.2. The van der Waals surface area contributed by atoms with Gasteiger partial charge in [-0.3, -0.25) is 0 Å². The number of rotatable bonds is 2. The topological polar surface area (TPSA) is 76.0 Å². The van der Waals surface area contributed by atoms with Crippen molar-refractivity contribution in [1.29, 1.82) is 0 Å². The number of halogens is 2. The Balaban J connectivity index is 2.19. The van der Waals surface area contributed by atoms with Crippen molar-refractivity contribution in [2.24, 2.45) is 5.14 Å². The molecular formula is C14H10ClFN2O2S. The summed E-state index contributed by atoms with van der Waals surface area (Å²) in [6.07, 6.45) is 1.70. The second kappa shape index (κ2) is 4.84. The fourth-order valence-electron chi connectivity index (χ4n) is 2.21. The van der Waals surface area contributed by atoms with Crippen molar-refractivity contribution < 1.29 is 12.8 Å². The minimum absolute atomic E-state index is 0.0536. The van der Waals surface area contributed by atoms with Gasteiger partial charge in [0, 0.05) is 33.2 Å². The molecule has 0 bridgehead atoms. The van der Waals surface area contributed by atoms with Crippen LogP contribution in [0, 0.1) is 5.82 Å².